The Balaban J connectivity index is 2.30. The van der Waals surface area contributed by atoms with Crippen LogP contribution in [-0.2, 0) is 21.3 Å². The number of rotatable bonds is 11. The summed E-state index contributed by atoms with van der Waals surface area (Å²) in [7, 11) is -0.977. The van der Waals surface area contributed by atoms with E-state index in [1.165, 1.54) is 19.2 Å². The molecule has 0 atom stereocenters. The summed E-state index contributed by atoms with van der Waals surface area (Å²) < 4.78 is 38.9. The number of carbonyl (C=O) groups excluding carboxylic acids is 1. The van der Waals surface area contributed by atoms with Crippen LogP contribution in [0.5, 0.6) is 5.75 Å². The third kappa shape index (κ3) is 7.21. The molecule has 0 bridgehead atoms. The standard InChI is InChI=1S/C22H29ClN2O5S/c1-16(2)15-25(11-12-29-3)22(26)18-7-10-20(30-4)21(13-18)31(27,28)24-14-17-5-8-19(23)9-6-17/h5-10,13,16,24H,11-12,14-15H2,1-4H3. The number of sulfonamides is 1. The number of benzene rings is 2. The maximum Gasteiger partial charge on any atom is 0.253 e. The van der Waals surface area contributed by atoms with Gasteiger partial charge in [-0.1, -0.05) is 37.6 Å². The van der Waals surface area contributed by atoms with Gasteiger partial charge in [0.1, 0.15) is 10.6 Å². The van der Waals surface area contributed by atoms with E-state index in [0.717, 1.165) is 5.56 Å². The molecule has 2 rings (SSSR count). The van der Waals surface area contributed by atoms with E-state index >= 15 is 0 Å². The van der Waals surface area contributed by atoms with Crippen molar-refractivity contribution in [1.82, 2.24) is 9.62 Å². The fraction of sp³-hybridized carbons (Fsp3) is 0.409. The van der Waals surface area contributed by atoms with Crippen LogP contribution in [0.4, 0.5) is 0 Å². The zero-order chi connectivity index (χ0) is 23.0. The highest BCUT2D eigenvalue weighted by atomic mass is 35.5. The minimum Gasteiger partial charge on any atom is -0.495 e. The Kier molecular flexibility index (Phi) is 9.31. The summed E-state index contributed by atoms with van der Waals surface area (Å²) in [4.78, 5) is 14.6. The SMILES string of the molecule is COCCN(CC(C)C)C(=O)c1ccc(OC)c(S(=O)(=O)NCc2ccc(Cl)cc2)c1. The largest absolute Gasteiger partial charge is 0.495 e. The first kappa shape index (κ1) is 25.1. The smallest absolute Gasteiger partial charge is 0.253 e. The molecule has 0 saturated heterocycles. The van der Waals surface area contributed by atoms with Crippen molar-refractivity contribution >= 4 is 27.5 Å². The van der Waals surface area contributed by atoms with Crippen LogP contribution >= 0.6 is 11.6 Å². The molecule has 0 aliphatic heterocycles. The lowest BCUT2D eigenvalue weighted by Crippen LogP contribution is -2.37. The van der Waals surface area contributed by atoms with Crippen LogP contribution < -0.4 is 9.46 Å². The second kappa shape index (κ2) is 11.5. The van der Waals surface area contributed by atoms with E-state index in [9.17, 15) is 13.2 Å². The Morgan fingerprint density at radius 2 is 1.81 bits per heavy atom. The van der Waals surface area contributed by atoms with Crippen LogP contribution in [0.1, 0.15) is 29.8 Å². The number of carbonyl (C=O) groups is 1. The van der Waals surface area contributed by atoms with Gasteiger partial charge in [0.15, 0.2) is 0 Å². The molecule has 1 amide bonds. The fourth-order valence-corrected chi connectivity index (χ4v) is 4.32. The molecule has 2 aromatic carbocycles. The Labute approximate surface area is 189 Å². The minimum absolute atomic E-state index is 0.0775. The highest BCUT2D eigenvalue weighted by molar-refractivity contribution is 7.89. The van der Waals surface area contributed by atoms with E-state index in [4.69, 9.17) is 21.1 Å². The highest BCUT2D eigenvalue weighted by Crippen LogP contribution is 2.26. The number of halogens is 1. The summed E-state index contributed by atoms with van der Waals surface area (Å²) in [5.41, 5.74) is 1.02. The molecule has 2 aromatic rings. The zero-order valence-electron chi connectivity index (χ0n) is 18.2. The average molecular weight is 469 g/mol. The number of methoxy groups -OCH3 is 2. The number of hydrogen-bond acceptors (Lipinski definition) is 5. The van der Waals surface area contributed by atoms with Crippen molar-refractivity contribution in [1.29, 1.82) is 0 Å². The predicted octanol–water partition coefficient (Wildman–Crippen LogP) is 3.57. The van der Waals surface area contributed by atoms with Crippen molar-refractivity contribution in [3.05, 3.63) is 58.6 Å². The molecule has 170 valence electrons. The van der Waals surface area contributed by atoms with Crippen LogP contribution in [0, 0.1) is 5.92 Å². The molecule has 0 unspecified atom stereocenters. The molecule has 0 radical (unpaired) electrons. The second-order valence-corrected chi connectivity index (χ2v) is 9.63. The third-order valence-corrected chi connectivity index (χ3v) is 6.19. The lowest BCUT2D eigenvalue weighted by molar-refractivity contribution is 0.0672. The summed E-state index contributed by atoms with van der Waals surface area (Å²) in [5, 5.41) is 0.568. The van der Waals surface area contributed by atoms with E-state index in [1.54, 1.807) is 42.3 Å². The van der Waals surface area contributed by atoms with E-state index in [-0.39, 0.29) is 34.6 Å². The molecule has 1 N–H and O–H groups in total. The van der Waals surface area contributed by atoms with Crippen molar-refractivity contribution in [3.63, 3.8) is 0 Å². The third-order valence-electron chi connectivity index (χ3n) is 4.52. The van der Waals surface area contributed by atoms with Gasteiger partial charge < -0.3 is 14.4 Å². The topological polar surface area (TPSA) is 84.9 Å². The molecular weight excluding hydrogens is 440 g/mol. The monoisotopic (exact) mass is 468 g/mol. The zero-order valence-corrected chi connectivity index (χ0v) is 19.8. The molecule has 0 aliphatic carbocycles. The maximum atomic E-state index is 13.1. The number of nitrogens with zero attached hydrogens (tertiary/aromatic N) is 1. The van der Waals surface area contributed by atoms with Crippen LogP contribution in [0.15, 0.2) is 47.4 Å². The van der Waals surface area contributed by atoms with Gasteiger partial charge in [0.05, 0.1) is 13.7 Å². The first-order chi connectivity index (χ1) is 14.7. The van der Waals surface area contributed by atoms with Crippen LogP contribution in [0.25, 0.3) is 0 Å². The quantitative estimate of drug-likeness (QED) is 0.545. The average Bonchev–Trinajstić information content (AvgIpc) is 2.75. The highest BCUT2D eigenvalue weighted by Gasteiger charge is 2.24. The van der Waals surface area contributed by atoms with Crippen molar-refractivity contribution in [2.75, 3.05) is 33.9 Å². The van der Waals surface area contributed by atoms with E-state index in [2.05, 4.69) is 4.72 Å². The van der Waals surface area contributed by atoms with Gasteiger partial charge in [0.2, 0.25) is 10.0 Å². The van der Waals surface area contributed by atoms with Crippen LogP contribution in [0.3, 0.4) is 0 Å². The molecule has 7 nitrogen and oxygen atoms in total. The van der Waals surface area contributed by atoms with E-state index in [1.807, 2.05) is 13.8 Å². The predicted molar refractivity (Wildman–Crippen MR) is 121 cm³/mol. The fourth-order valence-electron chi connectivity index (χ4n) is 2.98. The number of nitrogens with one attached hydrogen (secondary N) is 1. The molecule has 0 aliphatic rings. The molecule has 31 heavy (non-hydrogen) atoms. The van der Waals surface area contributed by atoms with Gasteiger partial charge in [-0.15, -0.1) is 0 Å². The Morgan fingerprint density at radius 1 is 1.13 bits per heavy atom. The Morgan fingerprint density at radius 3 is 2.39 bits per heavy atom. The van der Waals surface area contributed by atoms with E-state index < -0.39 is 10.0 Å². The molecule has 0 fully saturated rings. The summed E-state index contributed by atoms with van der Waals surface area (Å²) in [6, 6.07) is 11.3. The van der Waals surface area contributed by atoms with Crippen LogP contribution in [0.2, 0.25) is 5.02 Å². The molecule has 0 aromatic heterocycles. The van der Waals surface area contributed by atoms with Gasteiger partial charge in [-0.05, 0) is 41.8 Å². The van der Waals surface area contributed by atoms with Gasteiger partial charge in [-0.25, -0.2) is 13.1 Å². The summed E-state index contributed by atoms with van der Waals surface area (Å²) in [6.45, 7) is 5.44. The molecule has 0 saturated carbocycles. The van der Waals surface area contributed by atoms with Gasteiger partial charge in [-0.2, -0.15) is 0 Å². The van der Waals surface area contributed by atoms with E-state index in [0.29, 0.717) is 24.7 Å². The molecule has 9 heteroatoms. The second-order valence-electron chi connectivity index (χ2n) is 7.45. The lowest BCUT2D eigenvalue weighted by Gasteiger charge is -2.25. The van der Waals surface area contributed by atoms with Crippen molar-refractivity contribution in [2.24, 2.45) is 5.92 Å². The van der Waals surface area contributed by atoms with Crippen molar-refractivity contribution in [3.8, 4) is 5.75 Å². The minimum atomic E-state index is -3.94. The number of hydrogen-bond donors (Lipinski definition) is 1. The van der Waals surface area contributed by atoms with Gasteiger partial charge in [-0.3, -0.25) is 4.79 Å². The number of amides is 1. The first-order valence-corrected chi connectivity index (χ1v) is 11.7. The summed E-state index contributed by atoms with van der Waals surface area (Å²) in [5.74, 6) is 0.151. The maximum absolute atomic E-state index is 13.1. The van der Waals surface area contributed by atoms with Gasteiger partial charge in [0.25, 0.3) is 5.91 Å². The molecular formula is C22H29ClN2O5S. The Hall–Kier alpha value is -2.13. The van der Waals surface area contributed by atoms with Crippen molar-refractivity contribution in [2.45, 2.75) is 25.3 Å². The molecule has 0 heterocycles. The first-order valence-electron chi connectivity index (χ1n) is 9.88. The van der Waals surface area contributed by atoms with Gasteiger partial charge in [0, 0.05) is 37.3 Å². The lowest BCUT2D eigenvalue weighted by atomic mass is 10.1. The van der Waals surface area contributed by atoms with Gasteiger partial charge >= 0.3 is 0 Å². The number of ether oxygens (including phenoxy) is 2. The summed E-state index contributed by atoms with van der Waals surface area (Å²) >= 11 is 5.87. The Bertz CT molecular complexity index is 978. The van der Waals surface area contributed by atoms with Crippen molar-refractivity contribution < 1.29 is 22.7 Å². The normalized spacial score (nSPS) is 11.5. The van der Waals surface area contributed by atoms with Crippen LogP contribution in [-0.4, -0.2) is 53.1 Å². The molecule has 0 spiro atoms. The summed E-state index contributed by atoms with van der Waals surface area (Å²) in [6.07, 6.45) is 0.